The van der Waals surface area contributed by atoms with Crippen LogP contribution in [0.5, 0.6) is 0 Å². The minimum Gasteiger partial charge on any atom is -0.448 e. The van der Waals surface area contributed by atoms with Crippen LogP contribution in [0.15, 0.2) is 30.3 Å². The molecule has 0 atom stereocenters. The Balaban J connectivity index is 1.49. The van der Waals surface area contributed by atoms with Crippen LogP contribution in [-0.2, 0) is 11.2 Å². The summed E-state index contributed by atoms with van der Waals surface area (Å²) in [4.78, 5) is 11.3. The lowest BCUT2D eigenvalue weighted by molar-refractivity contribution is 0.146. The lowest BCUT2D eigenvalue weighted by Crippen LogP contribution is -2.19. The normalized spacial score (nSPS) is 14.2. The summed E-state index contributed by atoms with van der Waals surface area (Å²) in [7, 11) is 0. The Labute approximate surface area is 109 Å². The van der Waals surface area contributed by atoms with E-state index in [1.165, 1.54) is 24.8 Å². The topological polar surface area (TPSA) is 40.4 Å². The first kappa shape index (κ1) is 12.9. The molecule has 1 amide bonds. The highest BCUT2D eigenvalue weighted by Crippen LogP contribution is 2.33. The lowest BCUT2D eigenvalue weighted by Gasteiger charge is -2.04. The molecule has 3 heteroatoms. The van der Waals surface area contributed by atoms with Crippen LogP contribution >= 0.6 is 0 Å². The third-order valence-electron chi connectivity index (χ3n) is 3.17. The first-order valence-electron chi connectivity index (χ1n) is 6.73. The van der Waals surface area contributed by atoms with Crippen molar-refractivity contribution in [3.63, 3.8) is 0 Å². The fourth-order valence-electron chi connectivity index (χ4n) is 1.90. The van der Waals surface area contributed by atoms with Crippen molar-refractivity contribution < 1.29 is 9.53 Å². The molecule has 1 aliphatic rings. The molecular weight excluding hydrogens is 226 g/mol. The first-order valence-corrected chi connectivity index (χ1v) is 6.73. The van der Waals surface area contributed by atoms with Crippen molar-refractivity contribution >= 4 is 6.09 Å². The van der Waals surface area contributed by atoms with E-state index in [-0.39, 0.29) is 0 Å². The molecule has 97 valence electrons. The van der Waals surface area contributed by atoms with E-state index in [2.05, 4.69) is 5.32 Å². The van der Waals surface area contributed by atoms with Gasteiger partial charge in [-0.05, 0) is 24.3 Å². The minimum absolute atomic E-state index is 0.412. The molecule has 2 rings (SSSR count). The van der Waals surface area contributed by atoms with Gasteiger partial charge in [-0.25, -0.2) is 10.1 Å². The molecule has 1 radical (unpaired) electrons. The number of ether oxygens (including phenoxy) is 1. The lowest BCUT2D eigenvalue weighted by atomic mass is 10.2. The fraction of sp³-hybridized carbons (Fsp3) is 0.533. The zero-order valence-electron chi connectivity index (χ0n) is 10.7. The van der Waals surface area contributed by atoms with Crippen LogP contribution in [0.1, 0.15) is 31.2 Å². The molecule has 1 aromatic carbocycles. The number of hydrogen-bond acceptors (Lipinski definition) is 2. The second-order valence-electron chi connectivity index (χ2n) is 4.82. The van der Waals surface area contributed by atoms with Crippen LogP contribution in [-0.4, -0.2) is 19.2 Å². The molecule has 0 saturated heterocycles. The predicted molar refractivity (Wildman–Crippen MR) is 70.5 cm³/mol. The molecule has 18 heavy (non-hydrogen) atoms. The molecule has 1 saturated carbocycles. The summed E-state index contributed by atoms with van der Waals surface area (Å²) in [5, 5.41) is 3.89. The Morgan fingerprint density at radius 2 is 2.06 bits per heavy atom. The van der Waals surface area contributed by atoms with Gasteiger partial charge in [-0.2, -0.15) is 0 Å². The van der Waals surface area contributed by atoms with Gasteiger partial charge in [0, 0.05) is 13.0 Å². The number of rotatable bonds is 7. The second-order valence-corrected chi connectivity index (χ2v) is 4.82. The zero-order valence-corrected chi connectivity index (χ0v) is 10.7. The predicted octanol–water partition coefficient (Wildman–Crippen LogP) is 3.16. The summed E-state index contributed by atoms with van der Waals surface area (Å²) in [6, 6.07) is 10.0. The highest BCUT2D eigenvalue weighted by molar-refractivity contribution is 5.66. The van der Waals surface area contributed by atoms with E-state index in [0.717, 1.165) is 18.8 Å². The van der Waals surface area contributed by atoms with Crippen molar-refractivity contribution in [2.45, 2.75) is 32.1 Å². The molecule has 0 N–H and O–H groups in total. The van der Waals surface area contributed by atoms with Crippen molar-refractivity contribution in [1.82, 2.24) is 5.32 Å². The second kappa shape index (κ2) is 7.04. The number of benzene rings is 1. The third kappa shape index (κ3) is 5.21. The van der Waals surface area contributed by atoms with Crippen LogP contribution < -0.4 is 5.32 Å². The quantitative estimate of drug-likeness (QED) is 0.693. The van der Waals surface area contributed by atoms with Gasteiger partial charge in [0.1, 0.15) is 0 Å². The van der Waals surface area contributed by atoms with Crippen molar-refractivity contribution in [3.8, 4) is 0 Å². The summed E-state index contributed by atoms with van der Waals surface area (Å²) in [5.74, 6) is 0.911. The first-order chi connectivity index (χ1) is 8.84. The molecule has 1 aliphatic carbocycles. The molecule has 3 nitrogen and oxygen atoms in total. The average molecular weight is 246 g/mol. The van der Waals surface area contributed by atoms with Crippen LogP contribution in [0.2, 0.25) is 0 Å². The Hall–Kier alpha value is -1.51. The summed E-state index contributed by atoms with van der Waals surface area (Å²) < 4.78 is 5.06. The van der Waals surface area contributed by atoms with Crippen LogP contribution in [0.4, 0.5) is 4.79 Å². The van der Waals surface area contributed by atoms with Gasteiger partial charge in [-0.1, -0.05) is 43.2 Å². The van der Waals surface area contributed by atoms with Crippen LogP contribution in [0.3, 0.4) is 0 Å². The van der Waals surface area contributed by atoms with E-state index in [4.69, 9.17) is 4.74 Å². The van der Waals surface area contributed by atoms with Gasteiger partial charge >= 0.3 is 6.09 Å². The van der Waals surface area contributed by atoms with E-state index in [0.29, 0.717) is 13.2 Å². The largest absolute Gasteiger partial charge is 0.448 e. The number of nitrogens with zero attached hydrogens (tertiary/aromatic N) is 1. The maximum atomic E-state index is 11.3. The molecule has 0 aliphatic heterocycles. The average Bonchev–Trinajstić information content (AvgIpc) is 3.20. The third-order valence-corrected chi connectivity index (χ3v) is 3.17. The highest BCUT2D eigenvalue weighted by atomic mass is 16.5. The molecular formula is C15H20NO2. The van der Waals surface area contributed by atoms with E-state index in [1.807, 2.05) is 30.3 Å². The highest BCUT2D eigenvalue weighted by Gasteiger charge is 2.20. The number of carbonyl (C=O) groups excluding carboxylic acids is 1. The maximum absolute atomic E-state index is 11.3. The van der Waals surface area contributed by atoms with Gasteiger partial charge in [-0.15, -0.1) is 0 Å². The molecule has 0 aromatic heterocycles. The molecule has 0 spiro atoms. The minimum atomic E-state index is -0.415. The van der Waals surface area contributed by atoms with Gasteiger partial charge in [0.2, 0.25) is 0 Å². The van der Waals surface area contributed by atoms with E-state index in [1.54, 1.807) is 0 Å². The summed E-state index contributed by atoms with van der Waals surface area (Å²) >= 11 is 0. The number of hydrogen-bond donors (Lipinski definition) is 0. The SMILES string of the molecule is O=C([N]CCCC1CC1)OCCc1ccccc1. The monoisotopic (exact) mass is 246 g/mol. The van der Waals surface area contributed by atoms with E-state index < -0.39 is 6.09 Å². The van der Waals surface area contributed by atoms with Gasteiger partial charge < -0.3 is 4.74 Å². The Morgan fingerprint density at radius 1 is 1.28 bits per heavy atom. The summed E-state index contributed by atoms with van der Waals surface area (Å²) in [6.45, 7) is 1.02. The maximum Gasteiger partial charge on any atom is 0.428 e. The van der Waals surface area contributed by atoms with E-state index in [9.17, 15) is 4.79 Å². The van der Waals surface area contributed by atoms with Gasteiger partial charge in [0.15, 0.2) is 0 Å². The summed E-state index contributed by atoms with van der Waals surface area (Å²) in [5.41, 5.74) is 1.18. The fourth-order valence-corrected chi connectivity index (χ4v) is 1.90. The van der Waals surface area contributed by atoms with Crippen LogP contribution in [0.25, 0.3) is 0 Å². The van der Waals surface area contributed by atoms with Crippen molar-refractivity contribution in [3.05, 3.63) is 35.9 Å². The van der Waals surface area contributed by atoms with Crippen molar-refractivity contribution in [2.24, 2.45) is 5.92 Å². The Bertz CT molecular complexity index is 360. The molecule has 1 aromatic rings. The molecule has 0 heterocycles. The molecule has 1 fully saturated rings. The van der Waals surface area contributed by atoms with Gasteiger partial charge in [-0.3, -0.25) is 0 Å². The Morgan fingerprint density at radius 3 is 2.78 bits per heavy atom. The zero-order chi connectivity index (χ0) is 12.6. The van der Waals surface area contributed by atoms with Gasteiger partial charge in [0.05, 0.1) is 6.61 Å². The van der Waals surface area contributed by atoms with Crippen LogP contribution in [0, 0.1) is 5.92 Å². The smallest absolute Gasteiger partial charge is 0.428 e. The summed E-state index contributed by atoms with van der Waals surface area (Å²) in [6.07, 6.45) is 5.29. The molecule has 0 bridgehead atoms. The number of amides is 1. The number of carbonyl (C=O) groups is 1. The molecule has 0 unspecified atom stereocenters. The standard InChI is InChI=1S/C15H20NO2/c17-15(16-11-4-7-14-8-9-14)18-12-10-13-5-2-1-3-6-13/h1-3,5-6,14H,4,7-12H2. The Kier molecular flexibility index (Phi) is 5.06. The van der Waals surface area contributed by atoms with E-state index >= 15 is 0 Å². The van der Waals surface area contributed by atoms with Crippen molar-refractivity contribution in [1.29, 1.82) is 0 Å². The van der Waals surface area contributed by atoms with Crippen molar-refractivity contribution in [2.75, 3.05) is 13.2 Å². The van der Waals surface area contributed by atoms with Gasteiger partial charge in [0.25, 0.3) is 0 Å².